The van der Waals surface area contributed by atoms with Gasteiger partial charge in [-0.25, -0.2) is 0 Å². The monoisotopic (exact) mass is 412 g/mol. The van der Waals surface area contributed by atoms with Gasteiger partial charge in [0.25, 0.3) is 5.91 Å². The van der Waals surface area contributed by atoms with Crippen molar-refractivity contribution in [1.82, 2.24) is 10.2 Å². The molecule has 0 aliphatic carbocycles. The van der Waals surface area contributed by atoms with Crippen molar-refractivity contribution in [3.63, 3.8) is 0 Å². The third-order valence-corrected chi connectivity index (χ3v) is 5.46. The molecule has 0 spiro atoms. The van der Waals surface area contributed by atoms with Gasteiger partial charge < -0.3 is 15.0 Å². The molecular formula is C11H14Br2N2O3S. The molecule has 1 aromatic heterocycles. The smallest absolute Gasteiger partial charge is 0.264 e. The molecule has 0 saturated heterocycles. The molecule has 1 rings (SSSR count). The van der Waals surface area contributed by atoms with Crippen LogP contribution in [0.15, 0.2) is 14.3 Å². The van der Waals surface area contributed by atoms with Crippen molar-refractivity contribution in [2.75, 3.05) is 33.9 Å². The highest BCUT2D eigenvalue weighted by molar-refractivity contribution is 9.13. The predicted molar refractivity (Wildman–Crippen MR) is 81.6 cm³/mol. The van der Waals surface area contributed by atoms with Gasteiger partial charge in [-0.1, -0.05) is 0 Å². The Morgan fingerprint density at radius 2 is 2.16 bits per heavy atom. The van der Waals surface area contributed by atoms with Gasteiger partial charge in [-0.2, -0.15) is 0 Å². The summed E-state index contributed by atoms with van der Waals surface area (Å²) in [6.45, 7) is 0.914. The van der Waals surface area contributed by atoms with E-state index in [1.54, 1.807) is 20.2 Å². The van der Waals surface area contributed by atoms with Crippen LogP contribution in [0.4, 0.5) is 0 Å². The topological polar surface area (TPSA) is 58.6 Å². The highest BCUT2D eigenvalue weighted by Crippen LogP contribution is 2.32. The van der Waals surface area contributed by atoms with Gasteiger partial charge in [0.15, 0.2) is 0 Å². The number of hydrogen-bond donors (Lipinski definition) is 1. The molecule has 0 unspecified atom stereocenters. The summed E-state index contributed by atoms with van der Waals surface area (Å²) >= 11 is 7.99. The van der Waals surface area contributed by atoms with Crippen LogP contribution >= 0.6 is 43.2 Å². The van der Waals surface area contributed by atoms with Gasteiger partial charge in [-0.3, -0.25) is 9.59 Å². The molecule has 0 saturated carbocycles. The van der Waals surface area contributed by atoms with E-state index in [0.29, 0.717) is 18.0 Å². The zero-order valence-corrected chi connectivity index (χ0v) is 14.5. The van der Waals surface area contributed by atoms with Gasteiger partial charge in [-0.15, -0.1) is 11.3 Å². The van der Waals surface area contributed by atoms with Crippen molar-refractivity contribution >= 4 is 55.0 Å². The zero-order valence-electron chi connectivity index (χ0n) is 10.5. The first-order valence-electron chi connectivity index (χ1n) is 5.41. The van der Waals surface area contributed by atoms with Crippen LogP contribution in [0, 0.1) is 0 Å². The largest absolute Gasteiger partial charge is 0.383 e. The lowest BCUT2D eigenvalue weighted by molar-refractivity contribution is -0.121. The van der Waals surface area contributed by atoms with Gasteiger partial charge in [-0.05, 0) is 37.9 Å². The number of amides is 2. The molecule has 2 amide bonds. The fraction of sp³-hybridized carbons (Fsp3) is 0.455. The molecule has 1 heterocycles. The van der Waals surface area contributed by atoms with E-state index in [4.69, 9.17) is 4.74 Å². The number of hydrogen-bond acceptors (Lipinski definition) is 4. The first-order chi connectivity index (χ1) is 8.95. The Balaban J connectivity index is 2.51. The number of methoxy groups -OCH3 is 1. The van der Waals surface area contributed by atoms with Gasteiger partial charge in [0.2, 0.25) is 5.91 Å². The average molecular weight is 414 g/mol. The van der Waals surface area contributed by atoms with Gasteiger partial charge in [0.05, 0.1) is 21.8 Å². The third-order valence-electron chi connectivity index (χ3n) is 2.21. The van der Waals surface area contributed by atoms with Crippen molar-refractivity contribution in [1.29, 1.82) is 0 Å². The fourth-order valence-electron chi connectivity index (χ4n) is 1.28. The number of likely N-dealkylation sites (N-methyl/N-ethyl adjacent to an activating group) is 1. The minimum absolute atomic E-state index is 0.0235. The summed E-state index contributed by atoms with van der Waals surface area (Å²) in [5.74, 6) is -0.388. The molecule has 106 valence electrons. The predicted octanol–water partition coefficient (Wildman–Crippen LogP) is 2.11. The van der Waals surface area contributed by atoms with Crippen molar-refractivity contribution in [3.8, 4) is 0 Å². The summed E-state index contributed by atoms with van der Waals surface area (Å²) in [5, 5.41) is 2.66. The second-order valence-corrected chi connectivity index (χ2v) is 6.96. The van der Waals surface area contributed by atoms with E-state index in [9.17, 15) is 9.59 Å². The van der Waals surface area contributed by atoms with Crippen LogP contribution in [-0.2, 0) is 9.53 Å². The van der Waals surface area contributed by atoms with Crippen LogP contribution in [0.2, 0.25) is 0 Å². The molecule has 0 radical (unpaired) electrons. The molecule has 8 heteroatoms. The lowest BCUT2D eigenvalue weighted by Crippen LogP contribution is -2.39. The van der Waals surface area contributed by atoms with Crippen LogP contribution in [0.3, 0.4) is 0 Å². The highest BCUT2D eigenvalue weighted by Gasteiger charge is 2.18. The number of halogens is 2. The lowest BCUT2D eigenvalue weighted by Gasteiger charge is -2.15. The van der Waals surface area contributed by atoms with E-state index < -0.39 is 0 Å². The Kier molecular flexibility index (Phi) is 6.98. The summed E-state index contributed by atoms with van der Waals surface area (Å²) in [6, 6.07) is 1.73. The molecule has 0 atom stereocenters. The van der Waals surface area contributed by atoms with Crippen LogP contribution in [0.5, 0.6) is 0 Å². The SMILES string of the molecule is COCCNC(=O)CN(C)C(=O)c1cc(Br)c(Br)s1. The van der Waals surface area contributed by atoms with Crippen molar-refractivity contribution in [2.24, 2.45) is 0 Å². The second-order valence-electron chi connectivity index (χ2n) is 3.74. The van der Waals surface area contributed by atoms with E-state index in [2.05, 4.69) is 37.2 Å². The first-order valence-corrected chi connectivity index (χ1v) is 7.82. The molecule has 0 aromatic carbocycles. The summed E-state index contributed by atoms with van der Waals surface area (Å²) < 4.78 is 6.51. The second kappa shape index (κ2) is 7.98. The first kappa shape index (κ1) is 16.6. The van der Waals surface area contributed by atoms with Gasteiger partial charge >= 0.3 is 0 Å². The van der Waals surface area contributed by atoms with Crippen molar-refractivity contribution in [2.45, 2.75) is 0 Å². The fourth-order valence-corrected chi connectivity index (χ4v) is 3.31. The Hall–Kier alpha value is -0.440. The summed E-state index contributed by atoms with van der Waals surface area (Å²) in [5.41, 5.74) is 0. The van der Waals surface area contributed by atoms with Crippen LogP contribution in [-0.4, -0.2) is 50.6 Å². The number of ether oxygens (including phenoxy) is 1. The van der Waals surface area contributed by atoms with E-state index in [0.717, 1.165) is 8.26 Å². The molecule has 0 fully saturated rings. The average Bonchev–Trinajstić information content (AvgIpc) is 2.69. The molecule has 19 heavy (non-hydrogen) atoms. The number of nitrogens with zero attached hydrogens (tertiary/aromatic N) is 1. The maximum atomic E-state index is 12.1. The minimum atomic E-state index is -0.206. The molecule has 0 aliphatic rings. The Morgan fingerprint density at radius 3 is 2.68 bits per heavy atom. The van der Waals surface area contributed by atoms with E-state index in [1.165, 1.54) is 16.2 Å². The van der Waals surface area contributed by atoms with Gasteiger partial charge in [0, 0.05) is 25.2 Å². The number of rotatable bonds is 6. The number of carbonyl (C=O) groups is 2. The maximum Gasteiger partial charge on any atom is 0.264 e. The Morgan fingerprint density at radius 1 is 1.47 bits per heavy atom. The van der Waals surface area contributed by atoms with Gasteiger partial charge in [0.1, 0.15) is 0 Å². The molecule has 1 aromatic rings. The zero-order chi connectivity index (χ0) is 14.4. The van der Waals surface area contributed by atoms with E-state index in [-0.39, 0.29) is 18.4 Å². The molecule has 0 bridgehead atoms. The summed E-state index contributed by atoms with van der Waals surface area (Å²) in [4.78, 5) is 25.6. The number of thiophene rings is 1. The number of carbonyl (C=O) groups excluding carboxylic acids is 2. The lowest BCUT2D eigenvalue weighted by atomic mass is 10.4. The molecule has 5 nitrogen and oxygen atoms in total. The Bertz CT molecular complexity index is 445. The quantitative estimate of drug-likeness (QED) is 0.726. The van der Waals surface area contributed by atoms with Crippen molar-refractivity contribution in [3.05, 3.63) is 19.2 Å². The minimum Gasteiger partial charge on any atom is -0.383 e. The normalized spacial score (nSPS) is 10.3. The standard InChI is InChI=1S/C11H14Br2N2O3S/c1-15(6-9(16)14-3-4-18-2)11(17)8-5-7(12)10(13)19-8/h5H,3-4,6H2,1-2H3,(H,14,16). The third kappa shape index (κ3) is 5.21. The Labute approximate surface area is 132 Å². The molecular weight excluding hydrogens is 400 g/mol. The summed E-state index contributed by atoms with van der Waals surface area (Å²) in [7, 11) is 3.16. The van der Waals surface area contributed by atoms with E-state index >= 15 is 0 Å². The van der Waals surface area contributed by atoms with E-state index in [1.807, 2.05) is 0 Å². The molecule has 0 aliphatic heterocycles. The van der Waals surface area contributed by atoms with Crippen LogP contribution in [0.25, 0.3) is 0 Å². The number of nitrogens with one attached hydrogen (secondary N) is 1. The maximum absolute atomic E-state index is 12.1. The highest BCUT2D eigenvalue weighted by atomic mass is 79.9. The molecule has 1 N–H and O–H groups in total. The summed E-state index contributed by atoms with van der Waals surface area (Å²) in [6.07, 6.45) is 0. The van der Waals surface area contributed by atoms with Crippen LogP contribution in [0.1, 0.15) is 9.67 Å². The van der Waals surface area contributed by atoms with Crippen molar-refractivity contribution < 1.29 is 14.3 Å². The van der Waals surface area contributed by atoms with Crippen LogP contribution < -0.4 is 5.32 Å².